The van der Waals surface area contributed by atoms with E-state index in [0.717, 1.165) is 5.56 Å². The Morgan fingerprint density at radius 3 is 2.59 bits per heavy atom. The summed E-state index contributed by atoms with van der Waals surface area (Å²) in [5.74, 6) is 0.619. The molecular weight excluding hydrogens is 417 g/mol. The lowest BCUT2D eigenvalue weighted by Gasteiger charge is -2.10. The number of thioether (sulfide) groups is 1. The Morgan fingerprint density at radius 2 is 1.93 bits per heavy atom. The number of hydrogen-bond acceptors (Lipinski definition) is 6. The van der Waals surface area contributed by atoms with Crippen molar-refractivity contribution in [3.8, 4) is 22.8 Å². The zero-order valence-corrected chi connectivity index (χ0v) is 17.2. The summed E-state index contributed by atoms with van der Waals surface area (Å²) in [5.41, 5.74) is 1.84. The lowest BCUT2D eigenvalue weighted by atomic mass is 10.1. The van der Waals surface area contributed by atoms with Crippen LogP contribution in [0.4, 0.5) is 10.1 Å². The van der Waals surface area contributed by atoms with E-state index in [9.17, 15) is 9.18 Å². The van der Waals surface area contributed by atoms with Crippen LogP contribution in [0.1, 0.15) is 0 Å². The van der Waals surface area contributed by atoms with E-state index < -0.39 is 5.82 Å². The molecule has 1 heterocycles. The van der Waals surface area contributed by atoms with Crippen LogP contribution in [0.15, 0.2) is 53.6 Å². The van der Waals surface area contributed by atoms with Gasteiger partial charge in [-0.2, -0.15) is 0 Å². The minimum Gasteiger partial charge on any atom is -0.497 e. The lowest BCUT2D eigenvalue weighted by molar-refractivity contribution is -0.113. The van der Waals surface area contributed by atoms with Crippen molar-refractivity contribution in [2.45, 2.75) is 5.03 Å². The third-order valence-corrected chi connectivity index (χ3v) is 5.09. The molecule has 3 aromatic rings. The number of methoxy groups -OCH3 is 2. The van der Waals surface area contributed by atoms with Crippen molar-refractivity contribution in [1.29, 1.82) is 0 Å². The average molecular weight is 434 g/mol. The molecule has 6 nitrogen and oxygen atoms in total. The second-order valence-corrected chi connectivity index (χ2v) is 7.19. The number of nitrogens with zero attached hydrogens (tertiary/aromatic N) is 2. The fourth-order valence-corrected chi connectivity index (χ4v) is 3.26. The van der Waals surface area contributed by atoms with Gasteiger partial charge in [0.05, 0.1) is 30.7 Å². The van der Waals surface area contributed by atoms with Crippen molar-refractivity contribution < 1.29 is 18.7 Å². The van der Waals surface area contributed by atoms with E-state index in [1.165, 1.54) is 30.0 Å². The molecule has 0 spiro atoms. The van der Waals surface area contributed by atoms with Gasteiger partial charge in [0.15, 0.2) is 0 Å². The molecule has 0 aliphatic heterocycles. The molecule has 0 radical (unpaired) electrons. The first-order valence-corrected chi connectivity index (χ1v) is 9.80. The number of carbonyl (C=O) groups excluding carboxylic acids is 1. The highest BCUT2D eigenvalue weighted by Gasteiger charge is 2.11. The third-order valence-electron chi connectivity index (χ3n) is 3.88. The maximum Gasteiger partial charge on any atom is 0.234 e. The van der Waals surface area contributed by atoms with Gasteiger partial charge < -0.3 is 14.8 Å². The maximum absolute atomic E-state index is 13.2. The molecule has 0 saturated carbocycles. The van der Waals surface area contributed by atoms with Gasteiger partial charge in [-0.05, 0) is 42.5 Å². The molecule has 1 amide bonds. The maximum atomic E-state index is 13.2. The molecule has 1 N–H and O–H groups in total. The lowest BCUT2D eigenvalue weighted by Crippen LogP contribution is -2.14. The summed E-state index contributed by atoms with van der Waals surface area (Å²) in [4.78, 5) is 12.1. The van der Waals surface area contributed by atoms with Crippen molar-refractivity contribution >= 4 is 35.0 Å². The molecule has 1 aromatic heterocycles. The predicted octanol–water partition coefficient (Wildman–Crippen LogP) is 4.68. The quantitative estimate of drug-likeness (QED) is 0.545. The van der Waals surface area contributed by atoms with E-state index in [2.05, 4.69) is 15.5 Å². The number of ether oxygens (including phenoxy) is 2. The molecule has 0 fully saturated rings. The number of rotatable bonds is 7. The van der Waals surface area contributed by atoms with Crippen LogP contribution in [0.5, 0.6) is 11.5 Å². The van der Waals surface area contributed by atoms with Gasteiger partial charge in [0, 0.05) is 17.3 Å². The first kappa shape index (κ1) is 20.9. The number of halogens is 2. The Bertz CT molecular complexity index is 1020. The van der Waals surface area contributed by atoms with E-state index >= 15 is 0 Å². The standard InChI is InChI=1S/C20H17ClFN3O3S/c1-27-13-4-5-14(18(10-13)28-2)17-7-8-20(25-24-17)29-11-19(26)23-12-3-6-16(22)15(21)9-12/h3-10H,11H2,1-2H3,(H,23,26). The Hall–Kier alpha value is -2.84. The second kappa shape index (κ2) is 9.58. The summed E-state index contributed by atoms with van der Waals surface area (Å²) in [7, 11) is 3.16. The summed E-state index contributed by atoms with van der Waals surface area (Å²) in [6.45, 7) is 0. The molecule has 150 valence electrons. The largest absolute Gasteiger partial charge is 0.497 e. The van der Waals surface area contributed by atoms with Crippen LogP contribution < -0.4 is 14.8 Å². The molecular formula is C20H17ClFN3O3S. The van der Waals surface area contributed by atoms with Crippen LogP contribution in [0.3, 0.4) is 0 Å². The van der Waals surface area contributed by atoms with Gasteiger partial charge in [0.25, 0.3) is 0 Å². The van der Waals surface area contributed by atoms with Crippen molar-refractivity contribution in [3.63, 3.8) is 0 Å². The van der Waals surface area contributed by atoms with Crippen molar-refractivity contribution in [3.05, 3.63) is 59.4 Å². The van der Waals surface area contributed by atoms with Crippen LogP contribution in [0.2, 0.25) is 5.02 Å². The monoisotopic (exact) mass is 433 g/mol. The van der Waals surface area contributed by atoms with E-state index in [4.69, 9.17) is 21.1 Å². The first-order valence-electron chi connectivity index (χ1n) is 8.44. The van der Waals surface area contributed by atoms with E-state index in [1.54, 1.807) is 32.4 Å². The summed E-state index contributed by atoms with van der Waals surface area (Å²) in [5, 5.41) is 11.6. The van der Waals surface area contributed by atoms with Gasteiger partial charge in [-0.15, -0.1) is 10.2 Å². The summed E-state index contributed by atoms with van der Waals surface area (Å²) in [6, 6.07) is 13.0. The Morgan fingerprint density at radius 1 is 1.10 bits per heavy atom. The number of hydrogen-bond donors (Lipinski definition) is 1. The number of aromatic nitrogens is 2. The van der Waals surface area contributed by atoms with Crippen LogP contribution in [0, 0.1) is 5.82 Å². The van der Waals surface area contributed by atoms with Crippen LogP contribution in [-0.4, -0.2) is 36.1 Å². The van der Waals surface area contributed by atoms with Crippen LogP contribution in [-0.2, 0) is 4.79 Å². The molecule has 0 unspecified atom stereocenters. The number of nitrogens with one attached hydrogen (secondary N) is 1. The molecule has 29 heavy (non-hydrogen) atoms. The zero-order chi connectivity index (χ0) is 20.8. The minimum absolute atomic E-state index is 0.0501. The van der Waals surface area contributed by atoms with E-state index in [-0.39, 0.29) is 16.7 Å². The molecule has 3 rings (SSSR count). The van der Waals surface area contributed by atoms with Crippen molar-refractivity contribution in [1.82, 2.24) is 10.2 Å². The SMILES string of the molecule is COc1ccc(-c2ccc(SCC(=O)Nc3ccc(F)c(Cl)c3)nn2)c(OC)c1. The molecule has 0 bridgehead atoms. The van der Waals surface area contributed by atoms with Gasteiger partial charge in [-0.25, -0.2) is 4.39 Å². The first-order chi connectivity index (χ1) is 14.0. The summed E-state index contributed by atoms with van der Waals surface area (Å²) in [6.07, 6.45) is 0. The van der Waals surface area contributed by atoms with Gasteiger partial charge in [0.1, 0.15) is 22.3 Å². The van der Waals surface area contributed by atoms with Gasteiger partial charge >= 0.3 is 0 Å². The number of carbonyl (C=O) groups is 1. The average Bonchev–Trinajstić information content (AvgIpc) is 2.75. The summed E-state index contributed by atoms with van der Waals surface area (Å²) >= 11 is 6.94. The Labute approximate surface area is 176 Å². The number of amides is 1. The highest BCUT2D eigenvalue weighted by molar-refractivity contribution is 7.99. The molecule has 0 atom stereocenters. The van der Waals surface area contributed by atoms with Gasteiger partial charge in [0.2, 0.25) is 5.91 Å². The number of anilines is 1. The molecule has 0 saturated heterocycles. The summed E-state index contributed by atoms with van der Waals surface area (Å²) < 4.78 is 23.7. The normalized spacial score (nSPS) is 10.5. The van der Waals surface area contributed by atoms with Gasteiger partial charge in [-0.1, -0.05) is 23.4 Å². The third kappa shape index (κ3) is 5.36. The smallest absolute Gasteiger partial charge is 0.234 e. The predicted molar refractivity (Wildman–Crippen MR) is 111 cm³/mol. The molecule has 9 heteroatoms. The second-order valence-electron chi connectivity index (χ2n) is 5.79. The van der Waals surface area contributed by atoms with Crippen LogP contribution >= 0.6 is 23.4 Å². The highest BCUT2D eigenvalue weighted by atomic mass is 35.5. The highest BCUT2D eigenvalue weighted by Crippen LogP contribution is 2.32. The molecule has 2 aromatic carbocycles. The molecule has 0 aliphatic rings. The number of benzene rings is 2. The minimum atomic E-state index is -0.539. The van der Waals surface area contributed by atoms with Crippen molar-refractivity contribution in [2.24, 2.45) is 0 Å². The zero-order valence-electron chi connectivity index (χ0n) is 15.6. The van der Waals surface area contributed by atoms with Gasteiger partial charge in [-0.3, -0.25) is 4.79 Å². The van der Waals surface area contributed by atoms with E-state index in [0.29, 0.717) is 27.9 Å². The van der Waals surface area contributed by atoms with E-state index in [1.807, 2.05) is 12.1 Å². The molecule has 0 aliphatic carbocycles. The fraction of sp³-hybridized carbons (Fsp3) is 0.150. The topological polar surface area (TPSA) is 73.3 Å². The Kier molecular flexibility index (Phi) is 6.90. The Balaban J connectivity index is 1.62. The van der Waals surface area contributed by atoms with Crippen LogP contribution in [0.25, 0.3) is 11.3 Å². The fourth-order valence-electron chi connectivity index (χ4n) is 2.46. The van der Waals surface area contributed by atoms with Crippen molar-refractivity contribution in [2.75, 3.05) is 25.3 Å².